The molecule has 148 valence electrons. The second-order valence-electron chi connectivity index (χ2n) is 7.18. The number of nitrogens with one attached hydrogen (secondary N) is 2. The van der Waals surface area contributed by atoms with Crippen molar-refractivity contribution in [2.24, 2.45) is 16.8 Å². The average molecular weight is 486 g/mol. The van der Waals surface area contributed by atoms with Gasteiger partial charge in [-0.3, -0.25) is 4.99 Å². The number of rotatable bonds is 7. The van der Waals surface area contributed by atoms with E-state index in [1.807, 2.05) is 6.92 Å². The molecule has 0 spiro atoms. The summed E-state index contributed by atoms with van der Waals surface area (Å²) in [5.74, 6) is 2.77. The Morgan fingerprint density at radius 1 is 1.24 bits per heavy atom. The quantitative estimate of drug-likeness (QED) is 0.329. The van der Waals surface area contributed by atoms with Crippen LogP contribution >= 0.6 is 24.0 Å². The zero-order valence-electron chi connectivity index (χ0n) is 15.7. The van der Waals surface area contributed by atoms with Gasteiger partial charge < -0.3 is 10.6 Å². The Bertz CT molecular complexity index is 513. The van der Waals surface area contributed by atoms with Gasteiger partial charge in [-0.15, -0.1) is 24.0 Å². The third-order valence-electron chi connectivity index (χ3n) is 5.05. The van der Waals surface area contributed by atoms with E-state index < -0.39 is 10.0 Å². The molecule has 0 bridgehead atoms. The van der Waals surface area contributed by atoms with Crippen molar-refractivity contribution in [1.29, 1.82) is 0 Å². The van der Waals surface area contributed by atoms with Crippen molar-refractivity contribution < 1.29 is 8.42 Å². The third kappa shape index (κ3) is 7.99. The SMILES string of the molecule is CCNC(=NCCC1CCCC(C)C1)NCCN1CCCS1(=O)=O.I. The predicted octanol–water partition coefficient (Wildman–Crippen LogP) is 2.41. The molecule has 1 aliphatic heterocycles. The van der Waals surface area contributed by atoms with E-state index in [0.717, 1.165) is 43.7 Å². The number of sulfonamides is 1. The summed E-state index contributed by atoms with van der Waals surface area (Å²) in [7, 11) is -3.00. The first-order valence-electron chi connectivity index (χ1n) is 9.51. The van der Waals surface area contributed by atoms with Gasteiger partial charge in [-0.25, -0.2) is 12.7 Å². The highest BCUT2D eigenvalue weighted by atomic mass is 127. The molecule has 0 aromatic carbocycles. The summed E-state index contributed by atoms with van der Waals surface area (Å²) in [4.78, 5) is 4.66. The average Bonchev–Trinajstić information content (AvgIpc) is 2.86. The minimum absolute atomic E-state index is 0. The number of aliphatic imine (C=N–C) groups is 1. The van der Waals surface area contributed by atoms with Gasteiger partial charge in [0.1, 0.15) is 0 Å². The van der Waals surface area contributed by atoms with Gasteiger partial charge in [0.2, 0.25) is 10.0 Å². The first-order valence-corrected chi connectivity index (χ1v) is 11.1. The number of guanidine groups is 1. The Morgan fingerprint density at radius 3 is 2.68 bits per heavy atom. The lowest BCUT2D eigenvalue weighted by molar-refractivity contribution is 0.272. The molecule has 0 radical (unpaired) electrons. The number of hydrogen-bond acceptors (Lipinski definition) is 3. The topological polar surface area (TPSA) is 73.8 Å². The summed E-state index contributed by atoms with van der Waals surface area (Å²) in [6, 6.07) is 0. The molecule has 1 aliphatic carbocycles. The number of halogens is 1. The minimum Gasteiger partial charge on any atom is -0.357 e. The number of nitrogens with zero attached hydrogens (tertiary/aromatic N) is 2. The van der Waals surface area contributed by atoms with Crippen LogP contribution in [0, 0.1) is 11.8 Å². The summed E-state index contributed by atoms with van der Waals surface area (Å²) in [5.41, 5.74) is 0. The van der Waals surface area contributed by atoms with Crippen LogP contribution in [0.15, 0.2) is 4.99 Å². The van der Waals surface area contributed by atoms with E-state index in [0.29, 0.717) is 25.4 Å². The molecule has 0 amide bonds. The zero-order chi connectivity index (χ0) is 17.4. The molecular formula is C17H35IN4O2S. The summed E-state index contributed by atoms with van der Waals surface area (Å²) < 4.78 is 25.2. The summed E-state index contributed by atoms with van der Waals surface area (Å²) in [6.07, 6.45) is 7.32. The molecule has 1 heterocycles. The van der Waals surface area contributed by atoms with E-state index in [1.54, 1.807) is 4.31 Å². The fraction of sp³-hybridized carbons (Fsp3) is 0.941. The highest BCUT2D eigenvalue weighted by molar-refractivity contribution is 14.0. The summed E-state index contributed by atoms with van der Waals surface area (Å²) >= 11 is 0. The Morgan fingerprint density at radius 2 is 2.04 bits per heavy atom. The van der Waals surface area contributed by atoms with Gasteiger partial charge in [0.25, 0.3) is 0 Å². The molecule has 0 aromatic heterocycles. The molecule has 2 rings (SSSR count). The van der Waals surface area contributed by atoms with Crippen molar-refractivity contribution in [3.8, 4) is 0 Å². The molecule has 1 saturated carbocycles. The molecule has 2 N–H and O–H groups in total. The fourth-order valence-corrected chi connectivity index (χ4v) is 5.29. The molecule has 8 heteroatoms. The fourth-order valence-electron chi connectivity index (χ4n) is 3.76. The number of hydrogen-bond donors (Lipinski definition) is 2. The van der Waals surface area contributed by atoms with Crippen molar-refractivity contribution in [3.05, 3.63) is 0 Å². The lowest BCUT2D eigenvalue weighted by Crippen LogP contribution is -2.42. The molecule has 1 saturated heterocycles. The van der Waals surface area contributed by atoms with E-state index in [-0.39, 0.29) is 24.0 Å². The van der Waals surface area contributed by atoms with Gasteiger partial charge in [-0.05, 0) is 38.0 Å². The normalized spacial score (nSPS) is 26.9. The van der Waals surface area contributed by atoms with Crippen molar-refractivity contribution in [1.82, 2.24) is 14.9 Å². The van der Waals surface area contributed by atoms with Crippen molar-refractivity contribution in [2.75, 3.05) is 38.5 Å². The monoisotopic (exact) mass is 486 g/mol. The van der Waals surface area contributed by atoms with Crippen LogP contribution in [0.25, 0.3) is 0 Å². The van der Waals surface area contributed by atoms with Crippen LogP contribution in [0.1, 0.15) is 52.4 Å². The standard InChI is InChI=1S/C17H34N4O2S.HI/c1-3-18-17(19-9-8-16-7-4-6-15(2)14-16)20-10-12-21-11-5-13-24(21,22)23;/h15-16H,3-14H2,1-2H3,(H2,18,19,20);1H. The van der Waals surface area contributed by atoms with Gasteiger partial charge in [0.15, 0.2) is 5.96 Å². The first kappa shape index (κ1) is 23.0. The van der Waals surface area contributed by atoms with Crippen LogP contribution in [0.2, 0.25) is 0 Å². The zero-order valence-corrected chi connectivity index (χ0v) is 18.8. The molecular weight excluding hydrogens is 451 g/mol. The second kappa shape index (κ2) is 11.6. The van der Waals surface area contributed by atoms with E-state index in [1.165, 1.54) is 25.7 Å². The van der Waals surface area contributed by atoms with Crippen molar-refractivity contribution in [2.45, 2.75) is 52.4 Å². The van der Waals surface area contributed by atoms with Crippen LogP contribution in [0.3, 0.4) is 0 Å². The summed E-state index contributed by atoms with van der Waals surface area (Å²) in [6.45, 7) is 7.83. The van der Waals surface area contributed by atoms with E-state index in [9.17, 15) is 8.42 Å². The van der Waals surface area contributed by atoms with Crippen LogP contribution in [0.4, 0.5) is 0 Å². The highest BCUT2D eigenvalue weighted by Gasteiger charge is 2.27. The van der Waals surface area contributed by atoms with Gasteiger partial charge in [0.05, 0.1) is 5.75 Å². The largest absolute Gasteiger partial charge is 0.357 e. The lowest BCUT2D eigenvalue weighted by atomic mass is 9.81. The van der Waals surface area contributed by atoms with E-state index >= 15 is 0 Å². The first-order chi connectivity index (χ1) is 11.5. The van der Waals surface area contributed by atoms with Crippen LogP contribution in [0.5, 0.6) is 0 Å². The molecule has 2 fully saturated rings. The lowest BCUT2D eigenvalue weighted by Gasteiger charge is -2.26. The Kier molecular flexibility index (Phi) is 10.6. The summed E-state index contributed by atoms with van der Waals surface area (Å²) in [5, 5.41) is 6.51. The van der Waals surface area contributed by atoms with Crippen LogP contribution < -0.4 is 10.6 Å². The minimum atomic E-state index is -3.00. The maximum atomic E-state index is 11.8. The van der Waals surface area contributed by atoms with Gasteiger partial charge >= 0.3 is 0 Å². The van der Waals surface area contributed by atoms with Gasteiger partial charge in [-0.2, -0.15) is 0 Å². The predicted molar refractivity (Wildman–Crippen MR) is 115 cm³/mol. The second-order valence-corrected chi connectivity index (χ2v) is 9.27. The highest BCUT2D eigenvalue weighted by Crippen LogP contribution is 2.30. The van der Waals surface area contributed by atoms with Crippen molar-refractivity contribution in [3.63, 3.8) is 0 Å². The molecule has 2 aliphatic rings. The molecule has 2 unspecified atom stereocenters. The van der Waals surface area contributed by atoms with Gasteiger partial charge in [-0.1, -0.05) is 26.2 Å². The Labute approximate surface area is 170 Å². The Hall–Kier alpha value is -0.0900. The van der Waals surface area contributed by atoms with Crippen molar-refractivity contribution >= 4 is 40.0 Å². The molecule has 25 heavy (non-hydrogen) atoms. The maximum absolute atomic E-state index is 11.8. The van der Waals surface area contributed by atoms with E-state index in [2.05, 4.69) is 22.5 Å². The smallest absolute Gasteiger partial charge is 0.214 e. The third-order valence-corrected chi connectivity index (χ3v) is 7.01. The van der Waals surface area contributed by atoms with Crippen LogP contribution in [-0.2, 0) is 10.0 Å². The van der Waals surface area contributed by atoms with E-state index in [4.69, 9.17) is 0 Å². The maximum Gasteiger partial charge on any atom is 0.214 e. The molecule has 2 atom stereocenters. The Balaban J connectivity index is 0.00000312. The van der Waals surface area contributed by atoms with Gasteiger partial charge in [0, 0.05) is 32.7 Å². The molecule has 6 nitrogen and oxygen atoms in total. The van der Waals surface area contributed by atoms with Crippen LogP contribution in [-0.4, -0.2) is 57.2 Å². The molecule has 0 aromatic rings.